The second kappa shape index (κ2) is 20.1. The standard InChI is InChI=1S/C60H55ClF4N10O8S/c1-6-60(80)37-17-43-49-35(23-75(43)55(77)36(37)25-81-56(60)78)47-42(11-9-31-29(4)40(64)18-41(68-49)46(31)47)71(5)58(79)82-24-27(2)54(76)72-14-15-74(28(3)21-72)53-33-16-38(61)45(32-8-10-39(63)51-44(32)34(20-66)52(67)84-51)48(65)50(33)69-57(70-53)83-26-59-12-7-13-73(59)22-30(62)19-59/h8,10,16-18,28,30,42,80H,2,6-7,9,11-15,19,21-26,67H2,1,3-5H3/t28-,30+,42-,59-,60-/m0/s1. The van der Waals surface area contributed by atoms with Crippen molar-refractivity contribution in [2.24, 2.45) is 0 Å². The molecule has 0 spiro atoms. The maximum atomic E-state index is 17.5. The first-order valence-electron chi connectivity index (χ1n) is 27.7. The number of benzene rings is 3. The predicted molar refractivity (Wildman–Crippen MR) is 305 cm³/mol. The van der Waals surface area contributed by atoms with E-state index in [9.17, 15) is 33.9 Å². The van der Waals surface area contributed by atoms with E-state index in [0.717, 1.165) is 29.4 Å². The number of halogens is 5. The maximum absolute atomic E-state index is 17.5. The van der Waals surface area contributed by atoms with Crippen LogP contribution in [0.2, 0.25) is 5.02 Å². The van der Waals surface area contributed by atoms with E-state index >= 15 is 13.2 Å². The molecule has 3 aromatic carbocycles. The number of fused-ring (bicyclic) bond motifs is 8. The van der Waals surface area contributed by atoms with Gasteiger partial charge in [-0.15, -0.1) is 11.3 Å². The number of ether oxygens (including phenoxy) is 3. The number of rotatable bonds is 10. The van der Waals surface area contributed by atoms with Gasteiger partial charge in [0.2, 0.25) is 0 Å². The SMILES string of the molecule is C=C(COC(=O)N(C)[C@H]1CCc2c(C)c(F)cc3nc4c(c1c23)Cn1c-4cc2c(c1=O)COC(=O)[C@]2(O)CC)C(=O)N1CCN(c2nc(OC[C@@]34CCCN3C[C@H](F)C4)nc3c(F)c(-c4ccc(F)c5sc(N)c(C#N)c45)c(Cl)cc23)[C@@H](C)C1. The van der Waals surface area contributed by atoms with Gasteiger partial charge in [-0.3, -0.25) is 14.5 Å². The van der Waals surface area contributed by atoms with Crippen molar-refractivity contribution in [3.8, 4) is 34.6 Å². The molecular formula is C60H55ClF4N10O8S. The van der Waals surface area contributed by atoms with Crippen molar-refractivity contribution >= 4 is 83.6 Å². The van der Waals surface area contributed by atoms with Gasteiger partial charge >= 0.3 is 18.1 Å². The summed E-state index contributed by atoms with van der Waals surface area (Å²) in [6.07, 6.45) is 0.639. The van der Waals surface area contributed by atoms with Crippen LogP contribution in [0.15, 0.2) is 47.3 Å². The molecule has 5 atom stereocenters. The average molecular weight is 1190 g/mol. The molecule has 2 amide bonds. The fourth-order valence-corrected chi connectivity index (χ4v) is 15.1. The fourth-order valence-electron chi connectivity index (χ4n) is 13.9. The Morgan fingerprint density at radius 3 is 2.63 bits per heavy atom. The summed E-state index contributed by atoms with van der Waals surface area (Å²) in [6, 6.07) is 7.58. The summed E-state index contributed by atoms with van der Waals surface area (Å²) < 4.78 is 82.3. The van der Waals surface area contributed by atoms with Crippen LogP contribution in [0.1, 0.15) is 90.9 Å². The number of thiophene rings is 1. The lowest BCUT2D eigenvalue weighted by Gasteiger charge is -2.41. The number of carbonyl (C=O) groups excluding carboxylic acids is 3. The molecule has 6 aliphatic rings. The molecule has 9 heterocycles. The molecule has 13 rings (SSSR count). The van der Waals surface area contributed by atoms with Crippen molar-refractivity contribution in [3.63, 3.8) is 0 Å². The summed E-state index contributed by atoms with van der Waals surface area (Å²) in [7, 11) is 1.56. The molecular weight excluding hydrogens is 1130 g/mol. The van der Waals surface area contributed by atoms with Crippen molar-refractivity contribution in [1.29, 1.82) is 5.26 Å². The molecule has 0 unspecified atom stereocenters. The van der Waals surface area contributed by atoms with Gasteiger partial charge in [-0.1, -0.05) is 31.2 Å². The van der Waals surface area contributed by atoms with Crippen LogP contribution in [-0.4, -0.2) is 128 Å². The lowest BCUT2D eigenvalue weighted by Crippen LogP contribution is -2.54. The summed E-state index contributed by atoms with van der Waals surface area (Å²) >= 11 is 7.86. The number of pyridine rings is 2. The summed E-state index contributed by atoms with van der Waals surface area (Å²) in [4.78, 5) is 76.8. The number of cyclic esters (lactones) is 1. The van der Waals surface area contributed by atoms with E-state index in [1.807, 2.05) is 17.9 Å². The Balaban J connectivity index is 0.758. The molecule has 3 N–H and O–H groups in total. The molecule has 0 saturated carbocycles. The van der Waals surface area contributed by atoms with Crippen molar-refractivity contribution in [3.05, 3.63) is 114 Å². The number of aryl methyl sites for hydroxylation is 1. The average Bonchev–Trinajstić information content (AvgIpc) is 1.61. The summed E-state index contributed by atoms with van der Waals surface area (Å²) in [5.74, 6) is -3.13. The molecule has 3 fully saturated rings. The molecule has 0 radical (unpaired) electrons. The number of hydrogen-bond acceptors (Lipinski definition) is 16. The number of aliphatic hydroxyl groups is 1. The third-order valence-corrected chi connectivity index (χ3v) is 19.6. The van der Waals surface area contributed by atoms with Crippen LogP contribution < -0.4 is 20.9 Å². The van der Waals surface area contributed by atoms with Gasteiger partial charge in [0, 0.05) is 90.2 Å². The minimum absolute atomic E-state index is 0.0212. The third kappa shape index (κ3) is 8.32. The zero-order chi connectivity index (χ0) is 59.2. The van der Waals surface area contributed by atoms with E-state index in [1.165, 1.54) is 27.7 Å². The van der Waals surface area contributed by atoms with Crippen molar-refractivity contribution in [2.45, 2.75) is 102 Å². The highest BCUT2D eigenvalue weighted by atomic mass is 35.5. The zero-order valence-electron chi connectivity index (χ0n) is 46.1. The van der Waals surface area contributed by atoms with Gasteiger partial charge in [0.05, 0.1) is 55.9 Å². The van der Waals surface area contributed by atoms with E-state index in [-0.39, 0.29) is 135 Å². The quantitative estimate of drug-likeness (QED) is 0.0741. The van der Waals surface area contributed by atoms with Gasteiger partial charge in [0.25, 0.3) is 11.5 Å². The van der Waals surface area contributed by atoms with Crippen LogP contribution >= 0.6 is 22.9 Å². The number of nitrogens with two attached hydrogens (primary N) is 1. The molecule has 4 aromatic heterocycles. The summed E-state index contributed by atoms with van der Waals surface area (Å²) in [5, 5.41) is 22.5. The topological polar surface area (TPSA) is 223 Å². The Morgan fingerprint density at radius 1 is 1.07 bits per heavy atom. The second-order valence-corrected chi connectivity index (χ2v) is 24.3. The molecule has 84 heavy (non-hydrogen) atoms. The first-order valence-corrected chi connectivity index (χ1v) is 28.9. The second-order valence-electron chi connectivity index (χ2n) is 22.8. The van der Waals surface area contributed by atoms with E-state index in [1.54, 1.807) is 31.9 Å². The number of aromatic nitrogens is 4. The molecule has 5 aliphatic heterocycles. The molecule has 7 aromatic rings. The first-order chi connectivity index (χ1) is 40.2. The van der Waals surface area contributed by atoms with E-state index in [4.69, 9.17) is 41.5 Å². The molecule has 18 nitrogen and oxygen atoms in total. The Morgan fingerprint density at radius 2 is 1.87 bits per heavy atom. The van der Waals surface area contributed by atoms with Crippen LogP contribution in [-0.2, 0) is 44.2 Å². The highest BCUT2D eigenvalue weighted by Crippen LogP contribution is 2.50. The number of nitriles is 1. The zero-order valence-corrected chi connectivity index (χ0v) is 47.7. The number of carbonyl (C=O) groups is 3. The number of alkyl halides is 1. The molecule has 24 heteroatoms. The monoisotopic (exact) mass is 1190 g/mol. The maximum Gasteiger partial charge on any atom is 0.410 e. The summed E-state index contributed by atoms with van der Waals surface area (Å²) in [5.41, 5.74) is 6.40. The van der Waals surface area contributed by atoms with Crippen LogP contribution in [0.5, 0.6) is 6.01 Å². The lowest BCUT2D eigenvalue weighted by molar-refractivity contribution is -0.172. The van der Waals surface area contributed by atoms with Gasteiger partial charge in [0.15, 0.2) is 11.4 Å². The molecule has 434 valence electrons. The Hall–Kier alpha value is -7.91. The van der Waals surface area contributed by atoms with Gasteiger partial charge in [-0.25, -0.2) is 32.1 Å². The molecule has 0 bridgehead atoms. The lowest BCUT2D eigenvalue weighted by atomic mass is 9.81. The van der Waals surface area contributed by atoms with Gasteiger partial charge < -0.3 is 44.3 Å². The minimum atomic E-state index is -2.07. The van der Waals surface area contributed by atoms with Gasteiger partial charge in [-0.05, 0) is 92.9 Å². The van der Waals surface area contributed by atoms with Gasteiger partial charge in [-0.2, -0.15) is 15.2 Å². The number of piperazine rings is 1. The Kier molecular flexibility index (Phi) is 13.3. The van der Waals surface area contributed by atoms with E-state index < -0.39 is 77.0 Å². The number of esters is 1. The third-order valence-electron chi connectivity index (χ3n) is 18.2. The van der Waals surface area contributed by atoms with Crippen LogP contribution in [0.4, 0.5) is 33.2 Å². The van der Waals surface area contributed by atoms with Crippen LogP contribution in [0.3, 0.4) is 0 Å². The number of hydrogen-bond donors (Lipinski definition) is 2. The number of nitrogen functional groups attached to an aromatic ring is 1. The Bertz CT molecular complexity index is 4210. The first kappa shape index (κ1) is 55.3. The van der Waals surface area contributed by atoms with Crippen molar-refractivity contribution < 1.29 is 51.3 Å². The predicted octanol–water partition coefficient (Wildman–Crippen LogP) is 9.04. The van der Waals surface area contributed by atoms with Crippen LogP contribution in [0.25, 0.3) is 54.4 Å². The highest BCUT2D eigenvalue weighted by Gasteiger charge is 2.50. The summed E-state index contributed by atoms with van der Waals surface area (Å²) in [6.45, 7) is 9.80. The molecule has 1 aliphatic carbocycles. The van der Waals surface area contributed by atoms with Crippen LogP contribution in [0, 0.1) is 35.7 Å². The Labute approximate surface area is 486 Å². The minimum Gasteiger partial charge on any atom is -0.461 e. The largest absolute Gasteiger partial charge is 0.461 e. The van der Waals surface area contributed by atoms with Gasteiger partial charge in [0.1, 0.15) is 60.0 Å². The highest BCUT2D eigenvalue weighted by molar-refractivity contribution is 7.23. The van der Waals surface area contributed by atoms with Crippen molar-refractivity contribution in [1.82, 2.24) is 34.2 Å². The van der Waals surface area contributed by atoms with E-state index in [2.05, 4.69) is 16.5 Å². The fraction of sp³-hybridized carbons (Fsp3) is 0.400. The number of amides is 2. The van der Waals surface area contributed by atoms with Crippen molar-refractivity contribution in [2.75, 3.05) is 63.6 Å². The smallest absolute Gasteiger partial charge is 0.410 e. The molecule has 3 saturated heterocycles. The van der Waals surface area contributed by atoms with E-state index in [0.29, 0.717) is 64.8 Å². The number of nitrogens with zero attached hydrogens (tertiary/aromatic N) is 9. The normalized spacial score (nSPS) is 22.4. The number of anilines is 2.